The van der Waals surface area contributed by atoms with Crippen LogP contribution in [0.15, 0.2) is 71.6 Å². The molecule has 1 N–H and O–H groups in total. The number of nitrogens with zero attached hydrogens (tertiary/aromatic N) is 1. The van der Waals surface area contributed by atoms with Gasteiger partial charge in [-0.25, -0.2) is 4.98 Å². The van der Waals surface area contributed by atoms with E-state index in [4.69, 9.17) is 0 Å². The highest BCUT2D eigenvalue weighted by Gasteiger charge is 2.09. The SMILES string of the molecule is C/C(=C/c1ccccc1)C(=O)Nc1nc(-c2ccccc2)cs1.Cl. The highest BCUT2D eigenvalue weighted by atomic mass is 35.5. The van der Waals surface area contributed by atoms with Gasteiger partial charge in [0.2, 0.25) is 0 Å². The maximum Gasteiger partial charge on any atom is 0.253 e. The number of amides is 1. The number of carbonyl (C=O) groups excluding carboxylic acids is 1. The minimum absolute atomic E-state index is 0. The molecule has 0 saturated heterocycles. The lowest BCUT2D eigenvalue weighted by Crippen LogP contribution is -2.12. The van der Waals surface area contributed by atoms with Crippen LogP contribution in [-0.2, 0) is 4.79 Å². The van der Waals surface area contributed by atoms with E-state index in [1.807, 2.05) is 72.1 Å². The van der Waals surface area contributed by atoms with E-state index in [0.29, 0.717) is 10.7 Å². The quantitative estimate of drug-likeness (QED) is 0.646. The summed E-state index contributed by atoms with van der Waals surface area (Å²) in [6, 6.07) is 19.7. The number of nitrogens with one attached hydrogen (secondary N) is 1. The number of aromatic nitrogens is 1. The number of hydrogen-bond donors (Lipinski definition) is 1. The molecule has 1 amide bonds. The Morgan fingerprint density at radius 1 is 1.04 bits per heavy atom. The van der Waals surface area contributed by atoms with Crippen LogP contribution < -0.4 is 5.32 Å². The number of rotatable bonds is 4. The largest absolute Gasteiger partial charge is 0.298 e. The first-order chi connectivity index (χ1) is 11.2. The van der Waals surface area contributed by atoms with Crippen molar-refractivity contribution in [3.63, 3.8) is 0 Å². The van der Waals surface area contributed by atoms with E-state index in [0.717, 1.165) is 16.8 Å². The van der Waals surface area contributed by atoms with Gasteiger partial charge in [-0.05, 0) is 18.6 Å². The molecule has 0 spiro atoms. The summed E-state index contributed by atoms with van der Waals surface area (Å²) in [6.07, 6.45) is 1.86. The summed E-state index contributed by atoms with van der Waals surface area (Å²) in [7, 11) is 0. The molecule has 0 radical (unpaired) electrons. The second kappa shape index (κ2) is 8.43. The lowest BCUT2D eigenvalue weighted by Gasteiger charge is -2.02. The number of thiazole rings is 1. The molecule has 122 valence electrons. The Balaban J connectivity index is 0.00000208. The number of anilines is 1. The highest BCUT2D eigenvalue weighted by Crippen LogP contribution is 2.24. The number of halogens is 1. The van der Waals surface area contributed by atoms with Gasteiger partial charge in [-0.3, -0.25) is 10.1 Å². The average molecular weight is 357 g/mol. The van der Waals surface area contributed by atoms with Gasteiger partial charge >= 0.3 is 0 Å². The third-order valence-corrected chi connectivity index (χ3v) is 4.09. The molecule has 0 saturated carbocycles. The van der Waals surface area contributed by atoms with Crippen molar-refractivity contribution in [3.8, 4) is 11.3 Å². The first-order valence-corrected chi connectivity index (χ1v) is 8.16. The fraction of sp³-hybridized carbons (Fsp3) is 0.0526. The molecule has 2 aromatic carbocycles. The predicted octanol–water partition coefficient (Wildman–Crippen LogP) is 5.27. The van der Waals surface area contributed by atoms with Crippen LogP contribution in [0.3, 0.4) is 0 Å². The van der Waals surface area contributed by atoms with E-state index in [2.05, 4.69) is 10.3 Å². The third kappa shape index (κ3) is 4.54. The summed E-state index contributed by atoms with van der Waals surface area (Å²) >= 11 is 1.43. The Morgan fingerprint density at radius 3 is 2.33 bits per heavy atom. The minimum atomic E-state index is -0.136. The maximum atomic E-state index is 12.2. The molecule has 0 aliphatic heterocycles. The van der Waals surface area contributed by atoms with Crippen molar-refractivity contribution in [2.75, 3.05) is 5.32 Å². The van der Waals surface area contributed by atoms with Crippen LogP contribution in [0, 0.1) is 0 Å². The van der Waals surface area contributed by atoms with Crippen molar-refractivity contribution in [2.45, 2.75) is 6.92 Å². The van der Waals surface area contributed by atoms with Gasteiger partial charge in [-0.1, -0.05) is 60.7 Å². The molecule has 5 heteroatoms. The summed E-state index contributed by atoms with van der Waals surface area (Å²) in [6.45, 7) is 1.80. The van der Waals surface area contributed by atoms with Gasteiger partial charge in [0, 0.05) is 16.5 Å². The molecule has 3 rings (SSSR count). The molecule has 0 atom stereocenters. The van der Waals surface area contributed by atoms with Crippen LogP contribution in [0.25, 0.3) is 17.3 Å². The van der Waals surface area contributed by atoms with Gasteiger partial charge in [0.25, 0.3) is 5.91 Å². The molecule has 0 aliphatic rings. The molecular weight excluding hydrogens is 340 g/mol. The monoisotopic (exact) mass is 356 g/mol. The number of benzene rings is 2. The van der Waals surface area contributed by atoms with Crippen LogP contribution >= 0.6 is 23.7 Å². The van der Waals surface area contributed by atoms with Crippen molar-refractivity contribution in [2.24, 2.45) is 0 Å². The summed E-state index contributed by atoms with van der Waals surface area (Å²) in [5.41, 5.74) is 3.56. The van der Waals surface area contributed by atoms with Gasteiger partial charge < -0.3 is 0 Å². The van der Waals surface area contributed by atoms with Gasteiger partial charge in [0.05, 0.1) is 5.69 Å². The predicted molar refractivity (Wildman–Crippen MR) is 104 cm³/mol. The lowest BCUT2D eigenvalue weighted by molar-refractivity contribution is -0.112. The molecule has 3 aromatic rings. The molecule has 1 aromatic heterocycles. The number of hydrogen-bond acceptors (Lipinski definition) is 3. The molecule has 3 nitrogen and oxygen atoms in total. The van der Waals surface area contributed by atoms with Crippen LogP contribution in [0.4, 0.5) is 5.13 Å². The van der Waals surface area contributed by atoms with Crippen molar-refractivity contribution in [1.29, 1.82) is 0 Å². The van der Waals surface area contributed by atoms with E-state index in [1.54, 1.807) is 6.92 Å². The van der Waals surface area contributed by atoms with Gasteiger partial charge in [0.15, 0.2) is 5.13 Å². The van der Waals surface area contributed by atoms with Crippen LogP contribution in [-0.4, -0.2) is 10.9 Å². The second-order valence-electron chi connectivity index (χ2n) is 5.10. The zero-order valence-corrected chi connectivity index (χ0v) is 14.7. The Kier molecular flexibility index (Phi) is 6.29. The Bertz CT molecular complexity index is 829. The van der Waals surface area contributed by atoms with Gasteiger partial charge in [-0.2, -0.15) is 0 Å². The van der Waals surface area contributed by atoms with E-state index < -0.39 is 0 Å². The van der Waals surface area contributed by atoms with Crippen molar-refractivity contribution in [1.82, 2.24) is 4.98 Å². The number of carbonyl (C=O) groups is 1. The van der Waals surface area contributed by atoms with Crippen molar-refractivity contribution < 1.29 is 4.79 Å². The topological polar surface area (TPSA) is 42.0 Å². The van der Waals surface area contributed by atoms with Crippen LogP contribution in [0.5, 0.6) is 0 Å². The minimum Gasteiger partial charge on any atom is -0.298 e. The fourth-order valence-electron chi connectivity index (χ4n) is 2.13. The van der Waals surface area contributed by atoms with E-state index >= 15 is 0 Å². The average Bonchev–Trinajstić information content (AvgIpc) is 3.05. The van der Waals surface area contributed by atoms with Gasteiger partial charge in [-0.15, -0.1) is 23.7 Å². The summed E-state index contributed by atoms with van der Waals surface area (Å²) < 4.78 is 0. The van der Waals surface area contributed by atoms with E-state index in [9.17, 15) is 4.79 Å². The van der Waals surface area contributed by atoms with Gasteiger partial charge in [0.1, 0.15) is 0 Å². The van der Waals surface area contributed by atoms with E-state index in [1.165, 1.54) is 11.3 Å². The molecule has 0 fully saturated rings. The molecule has 24 heavy (non-hydrogen) atoms. The smallest absolute Gasteiger partial charge is 0.253 e. The summed E-state index contributed by atoms with van der Waals surface area (Å²) in [5.74, 6) is -0.136. The first-order valence-electron chi connectivity index (χ1n) is 7.28. The Labute approximate surface area is 151 Å². The second-order valence-corrected chi connectivity index (χ2v) is 5.95. The zero-order valence-electron chi connectivity index (χ0n) is 13.1. The first kappa shape index (κ1) is 17.9. The summed E-state index contributed by atoms with van der Waals surface area (Å²) in [4.78, 5) is 16.7. The third-order valence-electron chi connectivity index (χ3n) is 3.34. The van der Waals surface area contributed by atoms with E-state index in [-0.39, 0.29) is 18.3 Å². The molecule has 1 heterocycles. The molecule has 0 bridgehead atoms. The Hall–Kier alpha value is -2.43. The normalized spacial score (nSPS) is 10.8. The maximum absolute atomic E-state index is 12.2. The fourth-order valence-corrected chi connectivity index (χ4v) is 2.85. The highest BCUT2D eigenvalue weighted by molar-refractivity contribution is 7.14. The zero-order chi connectivity index (χ0) is 16.1. The van der Waals surface area contributed by atoms with Crippen molar-refractivity contribution >= 4 is 40.9 Å². The summed E-state index contributed by atoms with van der Waals surface area (Å²) in [5, 5.41) is 5.40. The standard InChI is InChI=1S/C19H16N2OS.ClH/c1-14(12-15-8-4-2-5-9-15)18(22)21-19-20-17(13-23-19)16-10-6-3-7-11-16;/h2-13H,1H3,(H,20,21,22);1H/b14-12-;. The van der Waals surface area contributed by atoms with Crippen LogP contribution in [0.2, 0.25) is 0 Å². The van der Waals surface area contributed by atoms with Crippen molar-refractivity contribution in [3.05, 3.63) is 77.2 Å². The molecule has 0 unspecified atom stereocenters. The van der Waals surface area contributed by atoms with Crippen LogP contribution in [0.1, 0.15) is 12.5 Å². The molecule has 0 aliphatic carbocycles. The lowest BCUT2D eigenvalue weighted by atomic mass is 10.1. The Morgan fingerprint density at radius 2 is 1.67 bits per heavy atom. The molecular formula is C19H17ClN2OS.